The van der Waals surface area contributed by atoms with Crippen LogP contribution in [0.2, 0.25) is 0 Å². The lowest BCUT2D eigenvalue weighted by Crippen LogP contribution is -2.20. The summed E-state index contributed by atoms with van der Waals surface area (Å²) in [7, 11) is 1.73. The Morgan fingerprint density at radius 3 is 2.22 bits per heavy atom. The molecule has 0 aliphatic carbocycles. The van der Waals surface area contributed by atoms with Crippen LogP contribution in [-0.4, -0.2) is 35.3 Å². The summed E-state index contributed by atoms with van der Waals surface area (Å²) in [6.07, 6.45) is 0.941. The van der Waals surface area contributed by atoms with Gasteiger partial charge in [0.05, 0.1) is 11.3 Å². The van der Waals surface area contributed by atoms with E-state index in [0.717, 1.165) is 28.1 Å². The van der Waals surface area contributed by atoms with Crippen molar-refractivity contribution in [2.45, 2.75) is 66.7 Å². The summed E-state index contributed by atoms with van der Waals surface area (Å²) in [4.78, 5) is 17.0. The topological polar surface area (TPSA) is 65.7 Å². The van der Waals surface area contributed by atoms with Gasteiger partial charge in [-0.05, 0) is 49.4 Å². The molecule has 0 aliphatic rings. The lowest BCUT2D eigenvalue weighted by atomic mass is 9.86. The summed E-state index contributed by atoms with van der Waals surface area (Å²) in [5.74, 6) is 0.122. The van der Waals surface area contributed by atoms with Crippen molar-refractivity contribution >= 4 is 23.5 Å². The molecule has 0 N–H and O–H groups in total. The molecule has 3 aromatic rings. The van der Waals surface area contributed by atoms with Gasteiger partial charge in [-0.2, -0.15) is 5.10 Å². The van der Waals surface area contributed by atoms with Gasteiger partial charge in [0.1, 0.15) is 5.69 Å². The first-order valence-corrected chi connectivity index (χ1v) is 12.3. The van der Waals surface area contributed by atoms with Crippen LogP contribution in [0.1, 0.15) is 73.1 Å². The third-order valence-corrected chi connectivity index (χ3v) is 6.07. The van der Waals surface area contributed by atoms with E-state index >= 15 is 0 Å². The van der Waals surface area contributed by atoms with Gasteiger partial charge in [-0.3, -0.25) is 9.67 Å². The van der Waals surface area contributed by atoms with Crippen molar-refractivity contribution in [1.82, 2.24) is 9.78 Å². The van der Waals surface area contributed by atoms with Crippen LogP contribution in [0.3, 0.4) is 0 Å². The zero-order chi connectivity index (χ0) is 26.5. The average Bonchev–Trinajstić information content (AvgIpc) is 3.14. The number of ether oxygens (including phenoxy) is 2. The highest BCUT2D eigenvalue weighted by atomic mass is 16.7. The molecule has 0 saturated carbocycles. The van der Waals surface area contributed by atoms with E-state index in [2.05, 4.69) is 50.0 Å². The molecule has 0 fully saturated rings. The first-order valence-electron chi connectivity index (χ1n) is 12.3. The van der Waals surface area contributed by atoms with E-state index in [1.54, 1.807) is 44.5 Å². The van der Waals surface area contributed by atoms with Gasteiger partial charge in [0.25, 0.3) is 0 Å². The molecule has 1 heterocycles. The summed E-state index contributed by atoms with van der Waals surface area (Å²) in [5, 5.41) is 4.70. The third kappa shape index (κ3) is 6.11. The number of allylic oxidation sites excluding steroid dienone is 1. The van der Waals surface area contributed by atoms with Crippen LogP contribution in [0.4, 0.5) is 0 Å². The second-order valence-electron chi connectivity index (χ2n) is 9.79. The number of benzene rings is 2. The van der Waals surface area contributed by atoms with E-state index in [4.69, 9.17) is 14.6 Å². The first kappa shape index (κ1) is 26.9. The Morgan fingerprint density at radius 1 is 1.03 bits per heavy atom. The fraction of sp³-hybridized carbons (Fsp3) is 0.367. The molecule has 36 heavy (non-hydrogen) atoms. The largest absolute Gasteiger partial charge is 0.452 e. The van der Waals surface area contributed by atoms with Crippen LogP contribution < -0.4 is 0 Å². The minimum atomic E-state index is -0.846. The Bertz CT molecular complexity index is 1250. The molecule has 0 saturated heterocycles. The Labute approximate surface area is 214 Å². The number of rotatable bonds is 8. The van der Waals surface area contributed by atoms with Gasteiger partial charge in [-0.15, -0.1) is 0 Å². The zero-order valence-electron chi connectivity index (χ0n) is 22.6. The van der Waals surface area contributed by atoms with Gasteiger partial charge < -0.3 is 9.47 Å². The van der Waals surface area contributed by atoms with Gasteiger partial charge in [0, 0.05) is 37.9 Å². The Morgan fingerprint density at radius 2 is 1.67 bits per heavy atom. The number of esters is 1. The molecular weight excluding hydrogens is 450 g/mol. The normalized spacial score (nSPS) is 13.4. The monoisotopic (exact) mass is 487 g/mol. The number of hydrogen-bond acceptors (Lipinski definition) is 5. The fourth-order valence-electron chi connectivity index (χ4n) is 3.96. The summed E-state index contributed by atoms with van der Waals surface area (Å²) in [6, 6.07) is 17.3. The molecule has 1 atom stereocenters. The standard InChI is InChI=1S/C30H37N3O3/c1-9-33-27(20(2)21(3)32-33)28(35-22(4)36-29(34)24-13-11-10-12-14-24)26(19-31-8)23-15-17-25(18-16-23)30(5,6)7/h10-19,22H,9H2,1-8H3/b28-26-,31-19-. The maximum Gasteiger partial charge on any atom is 0.341 e. The van der Waals surface area contributed by atoms with Crippen molar-refractivity contribution in [3.63, 3.8) is 0 Å². The quantitative estimate of drug-likeness (QED) is 0.155. The van der Waals surface area contributed by atoms with Crippen LogP contribution in [0.15, 0.2) is 59.6 Å². The Balaban J connectivity index is 2.12. The van der Waals surface area contributed by atoms with Crippen molar-refractivity contribution in [3.8, 4) is 0 Å². The highest BCUT2D eigenvalue weighted by Crippen LogP contribution is 2.32. The van der Waals surface area contributed by atoms with Crippen LogP contribution in [0.25, 0.3) is 11.3 Å². The van der Waals surface area contributed by atoms with E-state index < -0.39 is 12.3 Å². The molecule has 1 aromatic heterocycles. The molecule has 3 rings (SSSR count). The molecular formula is C30H37N3O3. The molecule has 0 amide bonds. The van der Waals surface area contributed by atoms with Gasteiger partial charge in [0.2, 0.25) is 6.29 Å². The maximum atomic E-state index is 12.7. The fourth-order valence-corrected chi connectivity index (χ4v) is 3.96. The van der Waals surface area contributed by atoms with Gasteiger partial charge in [-0.1, -0.05) is 63.2 Å². The van der Waals surface area contributed by atoms with Crippen molar-refractivity contribution < 1.29 is 14.3 Å². The smallest absolute Gasteiger partial charge is 0.341 e. The molecule has 1 unspecified atom stereocenters. The summed E-state index contributed by atoms with van der Waals surface area (Å²) in [6.45, 7) is 15.0. The average molecular weight is 488 g/mol. The molecule has 0 spiro atoms. The second-order valence-corrected chi connectivity index (χ2v) is 9.79. The van der Waals surface area contributed by atoms with Crippen LogP contribution in [0.5, 0.6) is 0 Å². The van der Waals surface area contributed by atoms with Crippen molar-refractivity contribution in [3.05, 3.63) is 88.2 Å². The van der Waals surface area contributed by atoms with Gasteiger partial charge in [0.15, 0.2) is 5.76 Å². The molecule has 2 aromatic carbocycles. The Kier molecular flexibility index (Phi) is 8.51. The highest BCUT2D eigenvalue weighted by molar-refractivity contribution is 6.18. The molecule has 0 radical (unpaired) electrons. The number of carbonyl (C=O) groups is 1. The highest BCUT2D eigenvalue weighted by Gasteiger charge is 2.24. The van der Waals surface area contributed by atoms with Crippen LogP contribution in [-0.2, 0) is 21.4 Å². The summed E-state index contributed by atoms with van der Waals surface area (Å²) in [5.41, 5.74) is 6.24. The Hall–Kier alpha value is -3.67. The molecule has 6 nitrogen and oxygen atoms in total. The van der Waals surface area contributed by atoms with Crippen LogP contribution >= 0.6 is 0 Å². The number of aryl methyl sites for hydroxylation is 2. The minimum Gasteiger partial charge on any atom is -0.452 e. The predicted molar refractivity (Wildman–Crippen MR) is 146 cm³/mol. The van der Waals surface area contributed by atoms with Crippen molar-refractivity contribution in [1.29, 1.82) is 0 Å². The number of aliphatic imine (C=N–C) groups is 1. The first-order chi connectivity index (χ1) is 17.1. The number of hydrogen-bond donors (Lipinski definition) is 0. The number of carbonyl (C=O) groups excluding carboxylic acids is 1. The SMILES string of the molecule is CCn1nc(C)c(C)c1/C(OC(C)OC(=O)c1ccccc1)=C(\C=N/C)c1ccc(C(C)(C)C)cc1. The van der Waals surface area contributed by atoms with Gasteiger partial charge in [-0.25, -0.2) is 4.79 Å². The lowest BCUT2D eigenvalue weighted by molar-refractivity contribution is -0.0515. The molecule has 0 aliphatic heterocycles. The lowest BCUT2D eigenvalue weighted by Gasteiger charge is -2.22. The third-order valence-electron chi connectivity index (χ3n) is 6.07. The molecule has 190 valence electrons. The van der Waals surface area contributed by atoms with E-state index in [-0.39, 0.29) is 5.41 Å². The summed E-state index contributed by atoms with van der Waals surface area (Å²) < 4.78 is 14.0. The van der Waals surface area contributed by atoms with Crippen molar-refractivity contribution in [2.75, 3.05) is 7.05 Å². The molecule has 6 heteroatoms. The van der Waals surface area contributed by atoms with Crippen molar-refractivity contribution in [2.24, 2.45) is 4.99 Å². The van der Waals surface area contributed by atoms with E-state index in [0.29, 0.717) is 17.9 Å². The van der Waals surface area contributed by atoms with Gasteiger partial charge >= 0.3 is 5.97 Å². The minimum absolute atomic E-state index is 0.0370. The van der Waals surface area contributed by atoms with E-state index in [1.165, 1.54) is 5.56 Å². The maximum absolute atomic E-state index is 12.7. The second kappa shape index (κ2) is 11.4. The zero-order valence-corrected chi connectivity index (χ0v) is 22.6. The predicted octanol–water partition coefficient (Wildman–Crippen LogP) is 6.61. The molecule has 0 bridgehead atoms. The number of nitrogens with zero attached hydrogens (tertiary/aromatic N) is 3. The van der Waals surface area contributed by atoms with Crippen LogP contribution in [0, 0.1) is 13.8 Å². The summed E-state index contributed by atoms with van der Waals surface area (Å²) >= 11 is 0. The van der Waals surface area contributed by atoms with E-state index in [9.17, 15) is 4.79 Å². The van der Waals surface area contributed by atoms with E-state index in [1.807, 2.05) is 31.5 Å². The number of aromatic nitrogens is 2.